The van der Waals surface area contributed by atoms with Gasteiger partial charge in [0.25, 0.3) is 17.7 Å². The van der Waals surface area contributed by atoms with Crippen molar-refractivity contribution in [1.29, 1.82) is 5.26 Å². The maximum absolute atomic E-state index is 13.5. The van der Waals surface area contributed by atoms with E-state index < -0.39 is 29.7 Å². The number of ether oxygens (including phenoxy) is 4. The number of hydrogen-bond donors (Lipinski definition) is 2. The molecule has 2 aliphatic carbocycles. The molecule has 4 fully saturated rings. The predicted molar refractivity (Wildman–Crippen MR) is 228 cm³/mol. The van der Waals surface area contributed by atoms with Gasteiger partial charge >= 0.3 is 0 Å². The monoisotopic (exact) mass is 862 g/mol. The molecule has 1 unspecified atom stereocenters. The van der Waals surface area contributed by atoms with Gasteiger partial charge in [0, 0.05) is 69.2 Å². The van der Waals surface area contributed by atoms with Crippen molar-refractivity contribution < 1.29 is 42.9 Å². The van der Waals surface area contributed by atoms with Gasteiger partial charge in [-0.1, -0.05) is 0 Å². The number of imide groups is 2. The number of methoxy groups -OCH3 is 2. The SMILES string of the molecule is COc1cc(OC2CCC(NC(=O)c3cnc(N4CCC(CN(C(C)C)C5CC(Oc6cc(OC)c7c(c6)C(=O)N(C6CCC(=O)NC6=O)C7=O)C5)CC4)cn3)CC2)ccc1C#N. The lowest BCUT2D eigenvalue weighted by Gasteiger charge is -2.46. The first kappa shape index (κ1) is 43.4. The van der Waals surface area contributed by atoms with E-state index in [-0.39, 0.29) is 53.9 Å². The van der Waals surface area contributed by atoms with Crippen molar-refractivity contribution in [3.63, 3.8) is 0 Å². The van der Waals surface area contributed by atoms with Crippen LogP contribution in [0, 0.1) is 17.2 Å². The highest BCUT2D eigenvalue weighted by molar-refractivity contribution is 6.24. The summed E-state index contributed by atoms with van der Waals surface area (Å²) in [4.78, 5) is 79.1. The minimum atomic E-state index is -1.06. The van der Waals surface area contributed by atoms with Gasteiger partial charge in [-0.25, -0.2) is 9.97 Å². The highest BCUT2D eigenvalue weighted by atomic mass is 16.5. The zero-order chi connectivity index (χ0) is 44.4. The predicted octanol–water partition coefficient (Wildman–Crippen LogP) is 4.42. The van der Waals surface area contributed by atoms with E-state index in [0.29, 0.717) is 46.5 Å². The standard InChI is InChI=1S/C46H54N8O9/c1-26(2)53(30-17-33(18-30)63-34-19-35-42(39(21-34)61-4)46(59)54(45(35)58)37-11-12-41(55)51-44(37)57)25-27-13-15-52(16-14-27)40-24-48-36(23-49-40)43(56)50-29-6-9-31(10-7-29)62-32-8-5-28(22-47)38(20-32)60-3/h5,8,19-21,23-24,26-27,29-31,33,37H,6-7,9-18,25H2,1-4H3,(H,50,56)(H,51,55,57). The molecule has 4 heterocycles. The number of rotatable bonds is 14. The van der Waals surface area contributed by atoms with Crippen LogP contribution in [0.4, 0.5) is 5.82 Å². The van der Waals surface area contributed by atoms with Gasteiger partial charge < -0.3 is 29.2 Å². The van der Waals surface area contributed by atoms with Crippen LogP contribution in [0.1, 0.15) is 115 Å². The maximum Gasteiger partial charge on any atom is 0.271 e. The van der Waals surface area contributed by atoms with Crippen LogP contribution in [-0.4, -0.2) is 120 Å². The van der Waals surface area contributed by atoms with E-state index in [4.69, 9.17) is 18.9 Å². The van der Waals surface area contributed by atoms with Crippen LogP contribution < -0.4 is 34.5 Å². The van der Waals surface area contributed by atoms with Crippen LogP contribution >= 0.6 is 0 Å². The number of carbonyl (C=O) groups excluding carboxylic acids is 5. The molecule has 8 rings (SSSR count). The Balaban J connectivity index is 0.776. The fourth-order valence-electron chi connectivity index (χ4n) is 9.50. The summed E-state index contributed by atoms with van der Waals surface area (Å²) in [5.41, 5.74) is 0.970. The number of carbonyl (C=O) groups is 5. The second-order valence-electron chi connectivity index (χ2n) is 17.4. The van der Waals surface area contributed by atoms with Gasteiger partial charge in [0.05, 0.1) is 49.4 Å². The maximum atomic E-state index is 13.5. The minimum absolute atomic E-state index is 0.0144. The van der Waals surface area contributed by atoms with Crippen molar-refractivity contribution >= 4 is 35.4 Å². The lowest BCUT2D eigenvalue weighted by molar-refractivity contribution is -0.136. The van der Waals surface area contributed by atoms with Gasteiger partial charge in [0.15, 0.2) is 0 Å². The quantitative estimate of drug-likeness (QED) is 0.215. The fourth-order valence-corrected chi connectivity index (χ4v) is 9.50. The van der Waals surface area contributed by atoms with Crippen LogP contribution in [0.2, 0.25) is 0 Å². The van der Waals surface area contributed by atoms with Gasteiger partial charge in [-0.05, 0) is 82.9 Å². The lowest BCUT2D eigenvalue weighted by Crippen LogP contribution is -2.54. The first-order valence-corrected chi connectivity index (χ1v) is 21.9. The van der Waals surface area contributed by atoms with Crippen molar-refractivity contribution in [2.75, 3.05) is 38.8 Å². The van der Waals surface area contributed by atoms with Crippen LogP contribution in [0.15, 0.2) is 42.7 Å². The van der Waals surface area contributed by atoms with Crippen molar-refractivity contribution in [2.24, 2.45) is 5.92 Å². The molecule has 17 nitrogen and oxygen atoms in total. The molecular weight excluding hydrogens is 809 g/mol. The Hall–Kier alpha value is -6.28. The molecule has 332 valence electrons. The Bertz CT molecular complexity index is 2280. The van der Waals surface area contributed by atoms with E-state index in [1.807, 2.05) is 0 Å². The molecule has 3 aliphatic heterocycles. The Morgan fingerprint density at radius 3 is 2.25 bits per heavy atom. The summed E-state index contributed by atoms with van der Waals surface area (Å²) >= 11 is 0. The highest BCUT2D eigenvalue weighted by Crippen LogP contribution is 2.40. The van der Waals surface area contributed by atoms with E-state index in [9.17, 15) is 29.2 Å². The summed E-state index contributed by atoms with van der Waals surface area (Å²) in [5, 5.41) is 14.6. The number of aromatic nitrogens is 2. The van der Waals surface area contributed by atoms with Crippen molar-refractivity contribution in [2.45, 2.75) is 114 Å². The Labute approximate surface area is 366 Å². The molecule has 2 saturated carbocycles. The van der Waals surface area contributed by atoms with Crippen molar-refractivity contribution in [3.05, 3.63) is 65.1 Å². The number of benzene rings is 2. The van der Waals surface area contributed by atoms with Crippen molar-refractivity contribution in [1.82, 2.24) is 30.4 Å². The topological polar surface area (TPSA) is 206 Å². The van der Waals surface area contributed by atoms with Crippen LogP contribution in [0.5, 0.6) is 23.0 Å². The highest BCUT2D eigenvalue weighted by Gasteiger charge is 2.47. The molecule has 0 radical (unpaired) electrons. The summed E-state index contributed by atoms with van der Waals surface area (Å²) in [7, 11) is 2.95. The number of hydrogen-bond acceptors (Lipinski definition) is 14. The number of nitrogens with zero attached hydrogens (tertiary/aromatic N) is 6. The number of piperidine rings is 2. The smallest absolute Gasteiger partial charge is 0.271 e. The number of nitriles is 1. The third kappa shape index (κ3) is 9.27. The molecule has 63 heavy (non-hydrogen) atoms. The van der Waals surface area contributed by atoms with Gasteiger partial charge in [0.2, 0.25) is 11.8 Å². The number of fused-ring (bicyclic) bond motifs is 1. The summed E-state index contributed by atoms with van der Waals surface area (Å²) in [6.07, 6.45) is 10.1. The molecule has 2 saturated heterocycles. The fraction of sp³-hybridized carbons (Fsp3) is 0.522. The molecule has 0 bridgehead atoms. The van der Waals surface area contributed by atoms with Gasteiger partial charge in [-0.15, -0.1) is 0 Å². The molecule has 2 N–H and O–H groups in total. The summed E-state index contributed by atoms with van der Waals surface area (Å²) in [5.74, 6) is 0.487. The average molecular weight is 863 g/mol. The molecule has 5 amide bonds. The largest absolute Gasteiger partial charge is 0.496 e. The zero-order valence-corrected chi connectivity index (χ0v) is 36.1. The molecule has 1 atom stereocenters. The third-order valence-electron chi connectivity index (χ3n) is 13.1. The number of nitrogens with one attached hydrogen (secondary N) is 2. The summed E-state index contributed by atoms with van der Waals surface area (Å²) < 4.78 is 23.3. The molecule has 0 spiro atoms. The molecule has 5 aliphatic rings. The summed E-state index contributed by atoms with van der Waals surface area (Å²) in [6, 6.07) is 10.1. The molecule has 2 aromatic carbocycles. The van der Waals surface area contributed by atoms with E-state index >= 15 is 0 Å². The van der Waals surface area contributed by atoms with E-state index in [0.717, 1.165) is 81.7 Å². The molecule has 1 aromatic heterocycles. The first-order chi connectivity index (χ1) is 30.4. The second kappa shape index (κ2) is 18.6. The van der Waals surface area contributed by atoms with E-state index in [2.05, 4.69) is 50.3 Å². The Morgan fingerprint density at radius 1 is 0.889 bits per heavy atom. The van der Waals surface area contributed by atoms with Gasteiger partial charge in [-0.3, -0.25) is 39.1 Å². The van der Waals surface area contributed by atoms with Crippen LogP contribution in [0.3, 0.4) is 0 Å². The van der Waals surface area contributed by atoms with Gasteiger partial charge in [0.1, 0.15) is 52.7 Å². The average Bonchev–Trinajstić information content (AvgIpc) is 3.52. The van der Waals surface area contributed by atoms with E-state index in [1.54, 1.807) is 42.7 Å². The molecular formula is C46H54N8O9. The first-order valence-electron chi connectivity index (χ1n) is 21.9. The van der Waals surface area contributed by atoms with E-state index in [1.165, 1.54) is 14.2 Å². The second-order valence-corrected chi connectivity index (χ2v) is 17.4. The van der Waals surface area contributed by atoms with Crippen LogP contribution in [0.25, 0.3) is 0 Å². The summed E-state index contributed by atoms with van der Waals surface area (Å²) in [6.45, 7) is 7.09. The van der Waals surface area contributed by atoms with Crippen LogP contribution in [-0.2, 0) is 9.59 Å². The zero-order valence-electron chi connectivity index (χ0n) is 36.1. The minimum Gasteiger partial charge on any atom is -0.496 e. The molecule has 3 aromatic rings. The third-order valence-corrected chi connectivity index (χ3v) is 13.1. The lowest BCUT2D eigenvalue weighted by atomic mass is 9.85. The number of amides is 5. The van der Waals surface area contributed by atoms with Gasteiger partial charge in [-0.2, -0.15) is 5.26 Å². The Kier molecular flexibility index (Phi) is 12.8. The van der Waals surface area contributed by atoms with Crippen molar-refractivity contribution in [3.8, 4) is 29.1 Å². The Morgan fingerprint density at radius 2 is 1.60 bits per heavy atom. The number of anilines is 1. The normalized spacial score (nSPS) is 23.8. The molecule has 17 heteroatoms.